The molecule has 1 atom stereocenters. The molecule has 0 saturated heterocycles. The van der Waals surface area contributed by atoms with Gasteiger partial charge in [0.15, 0.2) is 6.10 Å². The third kappa shape index (κ3) is 3.71. The van der Waals surface area contributed by atoms with E-state index in [1.807, 2.05) is 5.32 Å². The van der Waals surface area contributed by atoms with Crippen LogP contribution in [0.3, 0.4) is 0 Å². The van der Waals surface area contributed by atoms with Crippen LogP contribution >= 0.6 is 15.9 Å². The fourth-order valence-corrected chi connectivity index (χ4v) is 1.67. The van der Waals surface area contributed by atoms with E-state index in [2.05, 4.69) is 15.9 Å². The minimum atomic E-state index is -4.74. The van der Waals surface area contributed by atoms with Crippen LogP contribution in [0.25, 0.3) is 0 Å². The highest BCUT2D eigenvalue weighted by Crippen LogP contribution is 2.22. The summed E-state index contributed by atoms with van der Waals surface area (Å²) in [5.41, 5.74) is 1.02. The van der Waals surface area contributed by atoms with Crippen molar-refractivity contribution in [3.8, 4) is 0 Å². The SMILES string of the molecule is Cc1cccc(C(=O)NCC(O)C(F)(F)F)c1Br. The van der Waals surface area contributed by atoms with E-state index in [1.165, 1.54) is 6.07 Å². The van der Waals surface area contributed by atoms with Gasteiger partial charge in [-0.2, -0.15) is 13.2 Å². The summed E-state index contributed by atoms with van der Waals surface area (Å²) in [7, 11) is 0. The summed E-state index contributed by atoms with van der Waals surface area (Å²) in [5.74, 6) is -0.672. The summed E-state index contributed by atoms with van der Waals surface area (Å²) >= 11 is 3.18. The molecular weight excluding hydrogens is 315 g/mol. The van der Waals surface area contributed by atoms with E-state index in [1.54, 1.807) is 19.1 Å². The Hall–Kier alpha value is -1.08. The number of benzene rings is 1. The van der Waals surface area contributed by atoms with E-state index >= 15 is 0 Å². The first-order chi connectivity index (χ1) is 8.23. The second kappa shape index (κ2) is 5.71. The molecule has 1 aromatic rings. The molecule has 0 aromatic heterocycles. The van der Waals surface area contributed by atoms with Gasteiger partial charge in [-0.15, -0.1) is 0 Å². The van der Waals surface area contributed by atoms with Gasteiger partial charge >= 0.3 is 6.18 Å². The zero-order valence-electron chi connectivity index (χ0n) is 9.38. The van der Waals surface area contributed by atoms with Crippen molar-refractivity contribution in [2.45, 2.75) is 19.2 Å². The molecule has 0 aliphatic carbocycles. The molecule has 2 N–H and O–H groups in total. The number of alkyl halides is 3. The predicted octanol–water partition coefficient (Wildman–Crippen LogP) is 2.41. The summed E-state index contributed by atoms with van der Waals surface area (Å²) in [6.45, 7) is 0.883. The van der Waals surface area contributed by atoms with Gasteiger partial charge in [-0.05, 0) is 34.5 Å². The lowest BCUT2D eigenvalue weighted by Crippen LogP contribution is -2.40. The van der Waals surface area contributed by atoms with Gasteiger partial charge in [0.25, 0.3) is 5.91 Å². The van der Waals surface area contributed by atoms with Crippen molar-refractivity contribution < 1.29 is 23.1 Å². The first-order valence-electron chi connectivity index (χ1n) is 5.01. The second-order valence-electron chi connectivity index (χ2n) is 3.70. The zero-order chi connectivity index (χ0) is 13.9. The van der Waals surface area contributed by atoms with Crippen LogP contribution in [0.5, 0.6) is 0 Å². The summed E-state index contributed by atoms with van der Waals surface area (Å²) in [6, 6.07) is 4.85. The van der Waals surface area contributed by atoms with E-state index < -0.39 is 24.7 Å². The molecule has 0 bridgehead atoms. The molecule has 0 fully saturated rings. The lowest BCUT2D eigenvalue weighted by Gasteiger charge is -2.15. The number of amides is 1. The topological polar surface area (TPSA) is 49.3 Å². The first kappa shape index (κ1) is 15.0. The van der Waals surface area contributed by atoms with Gasteiger partial charge in [0.05, 0.1) is 12.1 Å². The van der Waals surface area contributed by atoms with Gasteiger partial charge in [-0.3, -0.25) is 4.79 Å². The molecule has 18 heavy (non-hydrogen) atoms. The van der Waals surface area contributed by atoms with Crippen LogP contribution in [0.1, 0.15) is 15.9 Å². The van der Waals surface area contributed by atoms with Gasteiger partial charge in [-0.25, -0.2) is 0 Å². The Morgan fingerprint density at radius 3 is 2.67 bits per heavy atom. The number of hydrogen-bond acceptors (Lipinski definition) is 2. The number of carbonyl (C=O) groups is 1. The Balaban J connectivity index is 2.70. The summed E-state index contributed by atoms with van der Waals surface area (Å²) < 4.78 is 36.6. The molecule has 1 rings (SSSR count). The molecular formula is C11H11BrF3NO2. The minimum absolute atomic E-state index is 0.226. The maximum atomic E-state index is 12.0. The van der Waals surface area contributed by atoms with Crippen LogP contribution in [0, 0.1) is 6.92 Å². The number of hydrogen-bond donors (Lipinski definition) is 2. The second-order valence-corrected chi connectivity index (χ2v) is 4.50. The summed E-state index contributed by atoms with van der Waals surface area (Å²) in [4.78, 5) is 11.6. The molecule has 0 aliphatic heterocycles. The molecule has 1 aromatic carbocycles. The van der Waals surface area contributed by atoms with Crippen LogP contribution in [0.4, 0.5) is 13.2 Å². The van der Waals surface area contributed by atoms with E-state index in [0.29, 0.717) is 4.47 Å². The number of nitrogens with one attached hydrogen (secondary N) is 1. The van der Waals surface area contributed by atoms with Gasteiger partial charge in [0.1, 0.15) is 0 Å². The van der Waals surface area contributed by atoms with Crippen molar-refractivity contribution in [1.29, 1.82) is 0 Å². The van der Waals surface area contributed by atoms with Crippen molar-refractivity contribution in [1.82, 2.24) is 5.32 Å². The molecule has 0 spiro atoms. The lowest BCUT2D eigenvalue weighted by molar-refractivity contribution is -0.201. The Morgan fingerprint density at radius 2 is 2.11 bits per heavy atom. The van der Waals surface area contributed by atoms with Gasteiger partial charge < -0.3 is 10.4 Å². The van der Waals surface area contributed by atoms with E-state index in [-0.39, 0.29) is 5.56 Å². The van der Waals surface area contributed by atoms with Crippen molar-refractivity contribution in [3.05, 3.63) is 33.8 Å². The number of aliphatic hydroxyl groups is 1. The Kier molecular flexibility index (Phi) is 4.75. The fraction of sp³-hybridized carbons (Fsp3) is 0.364. The van der Waals surface area contributed by atoms with Crippen LogP contribution in [-0.2, 0) is 0 Å². The van der Waals surface area contributed by atoms with E-state index in [9.17, 15) is 18.0 Å². The van der Waals surface area contributed by atoms with Gasteiger partial charge in [0.2, 0.25) is 0 Å². The Bertz CT molecular complexity index is 448. The highest BCUT2D eigenvalue weighted by atomic mass is 79.9. The van der Waals surface area contributed by atoms with Crippen LogP contribution in [-0.4, -0.2) is 29.8 Å². The molecule has 0 aliphatic rings. The molecule has 7 heteroatoms. The third-order valence-electron chi connectivity index (χ3n) is 2.27. The van der Waals surface area contributed by atoms with Gasteiger partial charge in [-0.1, -0.05) is 12.1 Å². The van der Waals surface area contributed by atoms with Crippen molar-refractivity contribution in [2.24, 2.45) is 0 Å². The van der Waals surface area contributed by atoms with Crippen LogP contribution in [0.15, 0.2) is 22.7 Å². The third-order valence-corrected chi connectivity index (χ3v) is 3.32. The largest absolute Gasteiger partial charge is 0.416 e. The molecule has 1 amide bonds. The smallest absolute Gasteiger partial charge is 0.382 e. The Labute approximate surface area is 110 Å². The van der Waals surface area contributed by atoms with Crippen molar-refractivity contribution in [3.63, 3.8) is 0 Å². The number of rotatable bonds is 3. The number of halogens is 4. The fourth-order valence-electron chi connectivity index (χ4n) is 1.22. The molecule has 3 nitrogen and oxygen atoms in total. The highest BCUT2D eigenvalue weighted by molar-refractivity contribution is 9.10. The highest BCUT2D eigenvalue weighted by Gasteiger charge is 2.38. The summed E-state index contributed by atoms with van der Waals surface area (Å²) in [6.07, 6.45) is -7.30. The summed E-state index contributed by atoms with van der Waals surface area (Å²) in [5, 5.41) is 10.8. The lowest BCUT2D eigenvalue weighted by atomic mass is 10.1. The van der Waals surface area contributed by atoms with Crippen molar-refractivity contribution >= 4 is 21.8 Å². The molecule has 0 saturated carbocycles. The predicted molar refractivity (Wildman–Crippen MR) is 63.3 cm³/mol. The normalized spacial score (nSPS) is 13.2. The maximum absolute atomic E-state index is 12.0. The van der Waals surface area contributed by atoms with Crippen LogP contribution in [0.2, 0.25) is 0 Å². The molecule has 1 unspecified atom stereocenters. The monoisotopic (exact) mass is 325 g/mol. The van der Waals surface area contributed by atoms with Crippen molar-refractivity contribution in [2.75, 3.05) is 6.54 Å². The average Bonchev–Trinajstić information content (AvgIpc) is 2.27. The Morgan fingerprint density at radius 1 is 1.50 bits per heavy atom. The standard InChI is InChI=1S/C11H11BrF3NO2/c1-6-3-2-4-7(9(6)12)10(18)16-5-8(17)11(13,14)15/h2-4,8,17H,5H2,1H3,(H,16,18). The van der Waals surface area contributed by atoms with Crippen LogP contribution < -0.4 is 5.32 Å². The van der Waals surface area contributed by atoms with Gasteiger partial charge in [0, 0.05) is 4.47 Å². The number of aryl methyl sites for hydroxylation is 1. The minimum Gasteiger partial charge on any atom is -0.382 e. The number of carbonyl (C=O) groups excluding carboxylic acids is 1. The van der Waals surface area contributed by atoms with E-state index in [4.69, 9.17) is 5.11 Å². The zero-order valence-corrected chi connectivity index (χ0v) is 11.0. The average molecular weight is 326 g/mol. The molecule has 100 valence electrons. The number of aliphatic hydroxyl groups excluding tert-OH is 1. The molecule has 0 heterocycles. The quantitative estimate of drug-likeness (QED) is 0.896. The van der Waals surface area contributed by atoms with E-state index in [0.717, 1.165) is 5.56 Å². The maximum Gasteiger partial charge on any atom is 0.416 e. The first-order valence-corrected chi connectivity index (χ1v) is 5.81. The molecule has 0 radical (unpaired) electrons.